The molecule has 78 valence electrons. The van der Waals surface area contributed by atoms with Crippen LogP contribution in [0.4, 0.5) is 0 Å². The third-order valence-corrected chi connectivity index (χ3v) is 6.58. The topological polar surface area (TPSA) is 47.6 Å². The zero-order valence-electron chi connectivity index (χ0n) is 7.84. The van der Waals surface area contributed by atoms with Crippen molar-refractivity contribution in [1.82, 2.24) is 0 Å². The predicted molar refractivity (Wildman–Crippen MR) is 73.9 cm³/mol. The number of thioether (sulfide) groups is 4. The van der Waals surface area contributed by atoms with Crippen LogP contribution in [0.5, 0.6) is 0 Å². The highest BCUT2D eigenvalue weighted by molar-refractivity contribution is 8.33. The van der Waals surface area contributed by atoms with E-state index in [1.54, 1.807) is 53.1 Å². The normalized spacial score (nSPS) is 18.0. The second-order valence-corrected chi connectivity index (χ2v) is 6.92. The Bertz CT molecular complexity index is 488. The fourth-order valence-corrected chi connectivity index (χ4v) is 5.33. The Hall–Kier alpha value is -0.660. The Morgan fingerprint density at radius 3 is 2.38 bits per heavy atom. The molecule has 0 saturated carbocycles. The van der Waals surface area contributed by atoms with Gasteiger partial charge in [-0.15, -0.1) is 0 Å². The number of hydrogen-bond donors (Lipinski definition) is 0. The minimum atomic E-state index is 0.149. The highest BCUT2D eigenvalue weighted by Gasteiger charge is 2.17. The molecule has 0 amide bonds. The van der Waals surface area contributed by atoms with Crippen molar-refractivity contribution >= 4 is 47.0 Å². The maximum atomic E-state index is 8.65. The number of nitrogens with zero attached hydrogens (tertiary/aromatic N) is 2. The smallest absolute Gasteiger partial charge is 0.130 e. The van der Waals surface area contributed by atoms with E-state index in [9.17, 15) is 0 Å². The van der Waals surface area contributed by atoms with Gasteiger partial charge in [0, 0.05) is 4.91 Å². The Labute approximate surface area is 111 Å². The molecule has 0 bridgehead atoms. The zero-order chi connectivity index (χ0) is 11.4. The van der Waals surface area contributed by atoms with Crippen molar-refractivity contribution in [3.63, 3.8) is 0 Å². The summed E-state index contributed by atoms with van der Waals surface area (Å²) in [6.45, 7) is 0. The molecule has 0 N–H and O–H groups in total. The van der Waals surface area contributed by atoms with Crippen LogP contribution < -0.4 is 0 Å². The summed E-state index contributed by atoms with van der Waals surface area (Å²) in [6.07, 6.45) is 1.63. The Morgan fingerprint density at radius 2 is 1.75 bits per heavy atom. The first-order valence-electron chi connectivity index (χ1n) is 4.12. The summed E-state index contributed by atoms with van der Waals surface area (Å²) in [7, 11) is 0. The van der Waals surface area contributed by atoms with Crippen molar-refractivity contribution in [3.05, 3.63) is 41.3 Å². The van der Waals surface area contributed by atoms with E-state index < -0.39 is 0 Å². The summed E-state index contributed by atoms with van der Waals surface area (Å²) in [5.74, 6) is 0. The summed E-state index contributed by atoms with van der Waals surface area (Å²) in [6, 6.07) is 3.72. The molecule has 0 aliphatic carbocycles. The average Bonchev–Trinajstić information content (AvgIpc) is 2.96. The molecule has 0 saturated heterocycles. The van der Waals surface area contributed by atoms with Crippen molar-refractivity contribution in [3.8, 4) is 12.1 Å². The van der Waals surface area contributed by atoms with E-state index in [0.29, 0.717) is 0 Å². The van der Waals surface area contributed by atoms with Crippen LogP contribution in [-0.4, -0.2) is 0 Å². The lowest BCUT2D eigenvalue weighted by Crippen LogP contribution is -1.73. The summed E-state index contributed by atoms with van der Waals surface area (Å²) < 4.78 is 2.49. The molecule has 2 rings (SSSR count). The van der Waals surface area contributed by atoms with Crippen LogP contribution in [-0.2, 0) is 0 Å². The molecule has 0 unspecified atom stereocenters. The minimum Gasteiger partial charge on any atom is -0.192 e. The molecule has 0 atom stereocenters. The van der Waals surface area contributed by atoms with E-state index in [1.807, 2.05) is 17.5 Å². The van der Waals surface area contributed by atoms with Crippen LogP contribution in [0.15, 0.2) is 41.3 Å². The van der Waals surface area contributed by atoms with Gasteiger partial charge in [0.15, 0.2) is 0 Å². The van der Waals surface area contributed by atoms with E-state index in [1.165, 1.54) is 8.47 Å². The lowest BCUT2D eigenvalue weighted by atomic mass is 10.3. The number of allylic oxidation sites excluding steroid dienone is 2. The number of nitriles is 2. The van der Waals surface area contributed by atoms with Crippen molar-refractivity contribution in [2.24, 2.45) is 0 Å². The van der Waals surface area contributed by atoms with Crippen LogP contribution in [0.2, 0.25) is 0 Å². The van der Waals surface area contributed by atoms with Gasteiger partial charge in [0.2, 0.25) is 0 Å². The Balaban J connectivity index is 2.09. The first-order chi connectivity index (χ1) is 7.83. The highest BCUT2D eigenvalue weighted by atomic mass is 32.2. The van der Waals surface area contributed by atoms with Crippen LogP contribution in [0, 0.1) is 22.7 Å². The SMILES string of the molecule is N#CC(C#N)=CC1=CSC(=C2SC=CS2)S1. The van der Waals surface area contributed by atoms with E-state index in [2.05, 4.69) is 10.8 Å². The molecule has 2 nitrogen and oxygen atoms in total. The molecule has 0 aromatic heterocycles. The molecule has 0 aromatic carbocycles. The van der Waals surface area contributed by atoms with Crippen molar-refractivity contribution < 1.29 is 0 Å². The summed E-state index contributed by atoms with van der Waals surface area (Å²) in [5, 5.41) is 23.4. The summed E-state index contributed by atoms with van der Waals surface area (Å²) in [5.41, 5.74) is 0.149. The van der Waals surface area contributed by atoms with E-state index in [4.69, 9.17) is 10.5 Å². The Morgan fingerprint density at radius 1 is 1.06 bits per heavy atom. The van der Waals surface area contributed by atoms with Crippen molar-refractivity contribution in [2.45, 2.75) is 0 Å². The van der Waals surface area contributed by atoms with Gasteiger partial charge in [-0.1, -0.05) is 47.0 Å². The summed E-state index contributed by atoms with van der Waals surface area (Å²) in [4.78, 5) is 0.957. The molecular formula is C10H4N2S4. The lowest BCUT2D eigenvalue weighted by Gasteiger charge is -1.99. The Kier molecular flexibility index (Phi) is 4.14. The largest absolute Gasteiger partial charge is 0.192 e. The molecular weight excluding hydrogens is 276 g/mol. The molecule has 2 heterocycles. The van der Waals surface area contributed by atoms with E-state index >= 15 is 0 Å². The molecule has 16 heavy (non-hydrogen) atoms. The second-order valence-electron chi connectivity index (χ2n) is 2.60. The van der Waals surface area contributed by atoms with Crippen LogP contribution >= 0.6 is 47.0 Å². The number of hydrogen-bond acceptors (Lipinski definition) is 6. The molecule has 0 aromatic rings. The molecule has 0 fully saturated rings. The van der Waals surface area contributed by atoms with Gasteiger partial charge in [0.1, 0.15) is 17.7 Å². The van der Waals surface area contributed by atoms with Gasteiger partial charge in [-0.05, 0) is 22.3 Å². The fourth-order valence-electron chi connectivity index (χ4n) is 0.955. The monoisotopic (exact) mass is 280 g/mol. The van der Waals surface area contributed by atoms with Crippen molar-refractivity contribution in [2.75, 3.05) is 0 Å². The second kappa shape index (κ2) is 5.60. The van der Waals surface area contributed by atoms with Crippen molar-refractivity contribution in [1.29, 1.82) is 10.5 Å². The molecule has 2 aliphatic heterocycles. The molecule has 6 heteroatoms. The molecule has 0 spiro atoms. The van der Waals surface area contributed by atoms with Crippen LogP contribution in [0.1, 0.15) is 0 Å². The van der Waals surface area contributed by atoms with Gasteiger partial charge in [0.05, 0.1) is 8.47 Å². The van der Waals surface area contributed by atoms with E-state index in [-0.39, 0.29) is 5.57 Å². The van der Waals surface area contributed by atoms with Crippen LogP contribution in [0.3, 0.4) is 0 Å². The van der Waals surface area contributed by atoms with Gasteiger partial charge >= 0.3 is 0 Å². The quantitative estimate of drug-likeness (QED) is 0.665. The standard InChI is InChI=1S/C10H4N2S4/c11-4-7(5-12)3-8-6-15-10(16-8)9-13-1-2-14-9/h1-3,6H. The maximum Gasteiger partial charge on any atom is 0.130 e. The molecule has 2 aliphatic rings. The lowest BCUT2D eigenvalue weighted by molar-refractivity contribution is 1.46. The predicted octanol–water partition coefficient (Wildman–Crippen LogP) is 4.36. The third kappa shape index (κ3) is 2.72. The third-order valence-electron chi connectivity index (χ3n) is 1.59. The number of rotatable bonds is 1. The molecule has 0 radical (unpaired) electrons. The van der Waals surface area contributed by atoms with Gasteiger partial charge in [-0.2, -0.15) is 10.5 Å². The zero-order valence-corrected chi connectivity index (χ0v) is 11.1. The van der Waals surface area contributed by atoms with Gasteiger partial charge in [0.25, 0.3) is 0 Å². The first kappa shape index (κ1) is 11.8. The van der Waals surface area contributed by atoms with Gasteiger partial charge < -0.3 is 0 Å². The van der Waals surface area contributed by atoms with E-state index in [0.717, 1.165) is 4.91 Å². The summed E-state index contributed by atoms with van der Waals surface area (Å²) >= 11 is 6.67. The fraction of sp³-hybridized carbons (Fsp3) is 0. The maximum absolute atomic E-state index is 8.65. The average molecular weight is 280 g/mol. The first-order valence-corrected chi connectivity index (χ1v) is 7.58. The van der Waals surface area contributed by atoms with Crippen LogP contribution in [0.25, 0.3) is 0 Å². The van der Waals surface area contributed by atoms with Gasteiger partial charge in [-0.25, -0.2) is 0 Å². The van der Waals surface area contributed by atoms with Gasteiger partial charge in [-0.3, -0.25) is 0 Å². The minimum absolute atomic E-state index is 0.149. The highest BCUT2D eigenvalue weighted by Crippen LogP contribution is 2.53.